The lowest BCUT2D eigenvalue weighted by atomic mass is 10.1. The minimum absolute atomic E-state index is 0.0207. The van der Waals surface area contributed by atoms with E-state index in [1.165, 1.54) is 37.8 Å². The average molecular weight is 477 g/mol. The normalized spacial score (nSPS) is 11.2. The van der Waals surface area contributed by atoms with Crippen LogP contribution in [-0.4, -0.2) is 58.4 Å². The molecule has 0 radical (unpaired) electrons. The number of amides is 1. The first-order valence-corrected chi connectivity index (χ1v) is 10.6. The molecule has 0 atom stereocenters. The minimum atomic E-state index is -1.10. The highest BCUT2D eigenvalue weighted by Crippen LogP contribution is 2.40. The molecule has 8 nitrogen and oxygen atoms in total. The van der Waals surface area contributed by atoms with E-state index in [0.29, 0.717) is 32.1 Å². The molecule has 32 heavy (non-hydrogen) atoms. The van der Waals surface area contributed by atoms with Gasteiger partial charge in [0.25, 0.3) is 0 Å². The zero-order valence-electron chi connectivity index (χ0n) is 17.3. The lowest BCUT2D eigenvalue weighted by molar-refractivity contribution is 0.146. The topological polar surface area (TPSA) is 97.7 Å². The number of hydrogen-bond acceptors (Lipinski definition) is 7. The summed E-state index contributed by atoms with van der Waals surface area (Å²) in [4.78, 5) is 25.4. The maximum atomic E-state index is 14.8. The molecule has 1 amide bonds. The lowest BCUT2D eigenvalue weighted by Gasteiger charge is -2.14. The van der Waals surface area contributed by atoms with Crippen LogP contribution in [0.2, 0.25) is 5.02 Å². The molecule has 0 saturated heterocycles. The molecule has 2 aromatic carbocycles. The predicted octanol–water partition coefficient (Wildman–Crippen LogP) is 5.00. The molecule has 0 bridgehead atoms. The molecule has 2 aromatic heterocycles. The molecule has 0 fully saturated rings. The number of aryl methyl sites for hydroxylation is 1. The largest absolute Gasteiger partial charge is 0.489 e. The highest BCUT2D eigenvalue weighted by molar-refractivity contribution is 7.21. The number of halogens is 2. The molecule has 4 aromatic rings. The van der Waals surface area contributed by atoms with Gasteiger partial charge < -0.3 is 19.5 Å². The van der Waals surface area contributed by atoms with Crippen LogP contribution < -0.4 is 9.47 Å². The van der Waals surface area contributed by atoms with Crippen LogP contribution in [0.5, 0.6) is 11.6 Å². The van der Waals surface area contributed by atoms with Gasteiger partial charge in [0.2, 0.25) is 5.88 Å². The van der Waals surface area contributed by atoms with Crippen LogP contribution >= 0.6 is 22.9 Å². The SMILES string of the molecule is COc1cnc2c(-c3nc4c(Cl)c(F)c(OCCN(C)C(=O)O)cc4s3)cc(C)cc2n1. The number of rotatable bonds is 6. The van der Waals surface area contributed by atoms with Crippen molar-refractivity contribution in [2.45, 2.75) is 6.92 Å². The second kappa shape index (κ2) is 8.71. The van der Waals surface area contributed by atoms with E-state index in [-0.39, 0.29) is 23.9 Å². The molecule has 0 aliphatic carbocycles. The molecule has 0 aliphatic rings. The molecule has 166 valence electrons. The second-order valence-electron chi connectivity index (χ2n) is 7.01. The van der Waals surface area contributed by atoms with E-state index in [2.05, 4.69) is 15.0 Å². The highest BCUT2D eigenvalue weighted by Gasteiger charge is 2.20. The highest BCUT2D eigenvalue weighted by atomic mass is 35.5. The van der Waals surface area contributed by atoms with Crippen LogP contribution in [0.1, 0.15) is 5.56 Å². The summed E-state index contributed by atoms with van der Waals surface area (Å²) in [6.07, 6.45) is 0.432. The van der Waals surface area contributed by atoms with Gasteiger partial charge in [-0.2, -0.15) is 0 Å². The molecule has 0 spiro atoms. The van der Waals surface area contributed by atoms with E-state index in [1.807, 2.05) is 19.1 Å². The predicted molar refractivity (Wildman–Crippen MR) is 121 cm³/mol. The zero-order chi connectivity index (χ0) is 23.0. The number of benzene rings is 2. The Morgan fingerprint density at radius 2 is 2.06 bits per heavy atom. The summed E-state index contributed by atoms with van der Waals surface area (Å²) in [5.41, 5.74) is 3.31. The Morgan fingerprint density at radius 3 is 2.78 bits per heavy atom. The number of ether oxygens (including phenoxy) is 2. The van der Waals surface area contributed by atoms with Crippen molar-refractivity contribution in [1.82, 2.24) is 19.9 Å². The van der Waals surface area contributed by atoms with Gasteiger partial charge in [-0.05, 0) is 24.6 Å². The van der Waals surface area contributed by atoms with Crippen molar-refractivity contribution in [2.24, 2.45) is 0 Å². The maximum absolute atomic E-state index is 14.8. The number of carboxylic acid groups (broad SMARTS) is 1. The van der Waals surface area contributed by atoms with E-state index >= 15 is 0 Å². The fraction of sp³-hybridized carbons (Fsp3) is 0.238. The van der Waals surface area contributed by atoms with Crippen molar-refractivity contribution in [3.63, 3.8) is 0 Å². The van der Waals surface area contributed by atoms with Gasteiger partial charge in [-0.15, -0.1) is 11.3 Å². The van der Waals surface area contributed by atoms with Crippen LogP contribution in [0.15, 0.2) is 24.4 Å². The van der Waals surface area contributed by atoms with Crippen LogP contribution in [0.25, 0.3) is 31.8 Å². The molecular formula is C21H18ClFN4O4S. The van der Waals surface area contributed by atoms with Crippen LogP contribution in [0.4, 0.5) is 9.18 Å². The number of aromatic nitrogens is 3. The van der Waals surface area contributed by atoms with Gasteiger partial charge in [0.1, 0.15) is 22.2 Å². The molecule has 1 N–H and O–H groups in total. The Balaban J connectivity index is 1.74. The van der Waals surface area contributed by atoms with Crippen LogP contribution in [0.3, 0.4) is 0 Å². The monoisotopic (exact) mass is 476 g/mol. The molecule has 4 rings (SSSR count). The number of fused-ring (bicyclic) bond motifs is 2. The van der Waals surface area contributed by atoms with Gasteiger partial charge in [0, 0.05) is 18.7 Å². The van der Waals surface area contributed by atoms with Crippen molar-refractivity contribution in [1.29, 1.82) is 0 Å². The number of nitrogens with zero attached hydrogens (tertiary/aromatic N) is 4. The van der Waals surface area contributed by atoms with E-state index in [4.69, 9.17) is 26.2 Å². The van der Waals surface area contributed by atoms with Crippen LogP contribution in [0, 0.1) is 12.7 Å². The van der Waals surface area contributed by atoms with Gasteiger partial charge in [0.15, 0.2) is 11.6 Å². The van der Waals surface area contributed by atoms with Crippen molar-refractivity contribution >= 4 is 50.3 Å². The van der Waals surface area contributed by atoms with Crippen molar-refractivity contribution in [2.75, 3.05) is 27.3 Å². The van der Waals surface area contributed by atoms with E-state index < -0.39 is 11.9 Å². The van der Waals surface area contributed by atoms with Crippen molar-refractivity contribution in [3.8, 4) is 22.2 Å². The lowest BCUT2D eigenvalue weighted by Crippen LogP contribution is -2.29. The minimum Gasteiger partial charge on any atom is -0.489 e. The summed E-state index contributed by atoms with van der Waals surface area (Å²) in [7, 11) is 2.92. The Labute approximate surface area is 191 Å². The number of thiazole rings is 1. The molecule has 11 heteroatoms. The first-order chi connectivity index (χ1) is 15.3. The van der Waals surface area contributed by atoms with Crippen LogP contribution in [-0.2, 0) is 0 Å². The summed E-state index contributed by atoms with van der Waals surface area (Å²) in [5.74, 6) is -0.401. The quantitative estimate of drug-likeness (QED) is 0.418. The summed E-state index contributed by atoms with van der Waals surface area (Å²) >= 11 is 7.57. The third kappa shape index (κ3) is 4.11. The Morgan fingerprint density at radius 1 is 1.28 bits per heavy atom. The van der Waals surface area contributed by atoms with Crippen molar-refractivity contribution < 1.29 is 23.8 Å². The van der Waals surface area contributed by atoms with E-state index in [0.717, 1.165) is 16.0 Å². The molecule has 0 unspecified atom stereocenters. The van der Waals surface area contributed by atoms with Gasteiger partial charge >= 0.3 is 6.09 Å². The Bertz CT molecular complexity index is 1350. The summed E-state index contributed by atoms with van der Waals surface area (Å²) in [6.45, 7) is 1.99. The first kappa shape index (κ1) is 22.0. The van der Waals surface area contributed by atoms with E-state index in [1.54, 1.807) is 0 Å². The summed E-state index contributed by atoms with van der Waals surface area (Å²) in [6, 6.07) is 5.35. The number of methoxy groups -OCH3 is 1. The third-order valence-corrected chi connectivity index (χ3v) is 6.13. The Kier molecular flexibility index (Phi) is 5.98. The number of carbonyl (C=O) groups is 1. The Hall–Kier alpha value is -3.24. The van der Waals surface area contributed by atoms with Gasteiger partial charge in [-0.1, -0.05) is 11.6 Å². The number of likely N-dealkylation sites (N-methyl/N-ethyl adjacent to an activating group) is 1. The molecule has 0 aliphatic heterocycles. The van der Waals surface area contributed by atoms with Gasteiger partial charge in [0.05, 0.1) is 35.6 Å². The summed E-state index contributed by atoms with van der Waals surface area (Å²) < 4.78 is 26.0. The van der Waals surface area contributed by atoms with Gasteiger partial charge in [-0.25, -0.2) is 24.1 Å². The fourth-order valence-electron chi connectivity index (χ4n) is 3.10. The zero-order valence-corrected chi connectivity index (χ0v) is 18.9. The maximum Gasteiger partial charge on any atom is 0.407 e. The van der Waals surface area contributed by atoms with Gasteiger partial charge in [-0.3, -0.25) is 0 Å². The fourth-order valence-corrected chi connectivity index (χ4v) is 4.41. The first-order valence-electron chi connectivity index (χ1n) is 9.45. The van der Waals surface area contributed by atoms with Crippen molar-refractivity contribution in [3.05, 3.63) is 40.8 Å². The number of hydrogen-bond donors (Lipinski definition) is 1. The second-order valence-corrected chi connectivity index (χ2v) is 8.42. The smallest absolute Gasteiger partial charge is 0.407 e. The molecular weight excluding hydrogens is 459 g/mol. The molecule has 0 saturated carbocycles. The standard InChI is InChI=1S/C21H18ClFN4O4S/c1-10-6-11(18-12(7-10)25-15(30-3)9-24-18)20-26-19-14(32-20)8-13(17(23)16(19)22)31-5-4-27(2)21(28)29/h6-9H,4-5H2,1-3H3,(H,28,29). The average Bonchev–Trinajstić information content (AvgIpc) is 3.19. The third-order valence-electron chi connectivity index (χ3n) is 4.75. The summed E-state index contributed by atoms with van der Waals surface area (Å²) in [5, 5.41) is 9.36. The molecule has 2 heterocycles. The van der Waals surface area contributed by atoms with E-state index in [9.17, 15) is 9.18 Å².